The number of carbonyl (C=O) groups excluding carboxylic acids is 1. The fraction of sp³-hybridized carbons (Fsp3) is 0.308. The summed E-state index contributed by atoms with van der Waals surface area (Å²) in [6, 6.07) is 9.71. The molecule has 8 nitrogen and oxygen atoms in total. The molecule has 0 unspecified atom stereocenters. The van der Waals surface area contributed by atoms with Crippen LogP contribution in [0, 0.1) is 18.7 Å². The summed E-state index contributed by atoms with van der Waals surface area (Å²) in [6.45, 7) is 4.71. The number of benzene rings is 2. The summed E-state index contributed by atoms with van der Waals surface area (Å²) in [5.74, 6) is -0.269. The molecule has 1 saturated heterocycles. The number of hydrogen-bond acceptors (Lipinski definition) is 6. The van der Waals surface area contributed by atoms with Crippen LogP contribution in [-0.2, 0) is 16.1 Å². The highest BCUT2D eigenvalue weighted by Crippen LogP contribution is 2.32. The molecular formula is C26H25ClFN5O3. The highest BCUT2D eigenvalue weighted by Gasteiger charge is 2.26. The first-order chi connectivity index (χ1) is 17.4. The van der Waals surface area contributed by atoms with Crippen LogP contribution in [0.3, 0.4) is 0 Å². The number of rotatable bonds is 7. The van der Waals surface area contributed by atoms with E-state index in [1.54, 1.807) is 24.0 Å². The Labute approximate surface area is 212 Å². The standard InChI is InChI=1S/C26H25ClFN5O3/c1-15-10-23(33-8-7-29-32-33)19-4-3-5-24(25(19)30-15)36-14-21-20(11-18(28)12-22(21)27)16(2)31-26(34)17-6-9-35-13-17/h3-5,7-8,10-12,16-17H,6,9,13-14H2,1-2H3,(H,31,34)/t16-,17-/m0/s1. The molecule has 2 aromatic carbocycles. The Morgan fingerprint density at radius 3 is 2.97 bits per heavy atom. The van der Waals surface area contributed by atoms with Gasteiger partial charge in [-0.05, 0) is 50.1 Å². The van der Waals surface area contributed by atoms with E-state index in [4.69, 9.17) is 21.1 Å². The minimum Gasteiger partial charge on any atom is -0.487 e. The van der Waals surface area contributed by atoms with Gasteiger partial charge in [-0.25, -0.2) is 14.1 Å². The minimum atomic E-state index is -0.482. The summed E-state index contributed by atoms with van der Waals surface area (Å²) in [6.07, 6.45) is 4.04. The van der Waals surface area contributed by atoms with Crippen LogP contribution < -0.4 is 10.1 Å². The van der Waals surface area contributed by atoms with Gasteiger partial charge < -0.3 is 14.8 Å². The van der Waals surface area contributed by atoms with Gasteiger partial charge in [0.1, 0.15) is 23.7 Å². The van der Waals surface area contributed by atoms with E-state index in [0.717, 1.165) is 16.8 Å². The van der Waals surface area contributed by atoms with E-state index in [-0.39, 0.29) is 23.5 Å². The quantitative estimate of drug-likeness (QED) is 0.388. The van der Waals surface area contributed by atoms with Crippen LogP contribution in [0.5, 0.6) is 5.75 Å². The summed E-state index contributed by atoms with van der Waals surface area (Å²) >= 11 is 6.46. The van der Waals surface area contributed by atoms with Gasteiger partial charge in [-0.1, -0.05) is 28.9 Å². The second-order valence-corrected chi connectivity index (χ2v) is 9.22. The molecule has 0 bridgehead atoms. The van der Waals surface area contributed by atoms with E-state index in [1.165, 1.54) is 12.1 Å². The number of nitrogens with one attached hydrogen (secondary N) is 1. The summed E-state index contributed by atoms with van der Waals surface area (Å²) < 4.78 is 27.5. The van der Waals surface area contributed by atoms with Crippen LogP contribution in [0.25, 0.3) is 16.6 Å². The first-order valence-corrected chi connectivity index (χ1v) is 12.0. The molecule has 1 amide bonds. The number of pyridine rings is 1. The third-order valence-electron chi connectivity index (χ3n) is 6.27. The van der Waals surface area contributed by atoms with Gasteiger partial charge in [0.15, 0.2) is 0 Å². The number of fused-ring (bicyclic) bond motifs is 1. The Morgan fingerprint density at radius 1 is 1.36 bits per heavy atom. The normalized spacial score (nSPS) is 16.3. The van der Waals surface area contributed by atoms with Gasteiger partial charge in [0, 0.05) is 23.3 Å². The van der Waals surface area contributed by atoms with E-state index in [1.807, 2.05) is 31.2 Å². The van der Waals surface area contributed by atoms with Crippen molar-refractivity contribution < 1.29 is 18.7 Å². The van der Waals surface area contributed by atoms with Crippen molar-refractivity contribution in [3.05, 3.63) is 76.5 Å². The molecule has 1 N–H and O–H groups in total. The predicted molar refractivity (Wildman–Crippen MR) is 133 cm³/mol. The van der Waals surface area contributed by atoms with Crippen molar-refractivity contribution in [3.8, 4) is 11.4 Å². The molecule has 0 spiro atoms. The number of aromatic nitrogens is 4. The lowest BCUT2D eigenvalue weighted by molar-refractivity contribution is -0.125. The molecule has 3 heterocycles. The van der Waals surface area contributed by atoms with Crippen molar-refractivity contribution >= 4 is 28.4 Å². The van der Waals surface area contributed by atoms with Crippen molar-refractivity contribution in [2.45, 2.75) is 32.9 Å². The van der Waals surface area contributed by atoms with Crippen LogP contribution in [0.15, 0.2) is 48.8 Å². The fourth-order valence-electron chi connectivity index (χ4n) is 4.43. The van der Waals surface area contributed by atoms with Gasteiger partial charge in [0.2, 0.25) is 5.91 Å². The van der Waals surface area contributed by atoms with Crippen molar-refractivity contribution in [2.75, 3.05) is 13.2 Å². The van der Waals surface area contributed by atoms with Crippen molar-refractivity contribution in [2.24, 2.45) is 5.92 Å². The molecule has 1 fully saturated rings. The number of aryl methyl sites for hydroxylation is 1. The Morgan fingerprint density at radius 2 is 2.22 bits per heavy atom. The molecule has 0 aliphatic carbocycles. The zero-order valence-corrected chi connectivity index (χ0v) is 20.6. The maximum atomic E-state index is 14.3. The van der Waals surface area contributed by atoms with Gasteiger partial charge >= 0.3 is 0 Å². The van der Waals surface area contributed by atoms with E-state index in [9.17, 15) is 9.18 Å². The molecule has 0 radical (unpaired) electrons. The van der Waals surface area contributed by atoms with Gasteiger partial charge in [0.25, 0.3) is 0 Å². The molecule has 10 heteroatoms. The summed E-state index contributed by atoms with van der Waals surface area (Å²) in [7, 11) is 0. The average molecular weight is 510 g/mol. The highest BCUT2D eigenvalue weighted by molar-refractivity contribution is 6.31. The molecule has 2 aromatic heterocycles. The van der Waals surface area contributed by atoms with Crippen molar-refractivity contribution in [1.82, 2.24) is 25.3 Å². The Hall–Kier alpha value is -3.56. The zero-order valence-electron chi connectivity index (χ0n) is 19.9. The number of carbonyl (C=O) groups is 1. The Kier molecular flexibility index (Phi) is 6.84. The van der Waals surface area contributed by atoms with Crippen LogP contribution in [0.4, 0.5) is 4.39 Å². The second kappa shape index (κ2) is 10.2. The van der Waals surface area contributed by atoms with Gasteiger partial charge in [-0.3, -0.25) is 4.79 Å². The SMILES string of the molecule is Cc1cc(-n2ccnn2)c2cccc(OCc3c(Cl)cc(F)cc3[C@H](C)NC(=O)[C@H]3CCOC3)c2n1. The number of halogens is 2. The molecule has 4 aromatic rings. The molecule has 0 saturated carbocycles. The van der Waals surface area contributed by atoms with E-state index in [0.29, 0.717) is 42.0 Å². The highest BCUT2D eigenvalue weighted by atomic mass is 35.5. The fourth-order valence-corrected chi connectivity index (χ4v) is 4.70. The topological polar surface area (TPSA) is 91.2 Å². The molecule has 2 atom stereocenters. The number of ether oxygens (including phenoxy) is 2. The minimum absolute atomic E-state index is 0.0641. The average Bonchev–Trinajstić information content (AvgIpc) is 3.57. The monoisotopic (exact) mass is 509 g/mol. The molecular weight excluding hydrogens is 485 g/mol. The lowest BCUT2D eigenvalue weighted by Crippen LogP contribution is -2.33. The smallest absolute Gasteiger partial charge is 0.225 e. The molecule has 186 valence electrons. The van der Waals surface area contributed by atoms with Gasteiger partial charge in [-0.2, -0.15) is 0 Å². The van der Waals surface area contributed by atoms with Gasteiger partial charge in [-0.15, -0.1) is 5.10 Å². The zero-order chi connectivity index (χ0) is 25.2. The molecule has 5 rings (SSSR count). The summed E-state index contributed by atoms with van der Waals surface area (Å²) in [4.78, 5) is 17.3. The first kappa shape index (κ1) is 24.1. The number of nitrogens with zero attached hydrogens (tertiary/aromatic N) is 4. The Bertz CT molecular complexity index is 1410. The second-order valence-electron chi connectivity index (χ2n) is 8.82. The maximum absolute atomic E-state index is 14.3. The molecule has 1 aliphatic rings. The van der Waals surface area contributed by atoms with E-state index < -0.39 is 11.9 Å². The summed E-state index contributed by atoms with van der Waals surface area (Å²) in [5.41, 5.74) is 3.42. The first-order valence-electron chi connectivity index (χ1n) is 11.7. The molecule has 1 aliphatic heterocycles. The maximum Gasteiger partial charge on any atom is 0.225 e. The third kappa shape index (κ3) is 4.89. The Balaban J connectivity index is 1.44. The number of para-hydroxylation sites is 1. The van der Waals surface area contributed by atoms with E-state index in [2.05, 4.69) is 20.6 Å². The lowest BCUT2D eigenvalue weighted by Gasteiger charge is -2.21. The van der Waals surface area contributed by atoms with Crippen molar-refractivity contribution in [3.63, 3.8) is 0 Å². The van der Waals surface area contributed by atoms with Crippen molar-refractivity contribution in [1.29, 1.82) is 0 Å². The largest absolute Gasteiger partial charge is 0.487 e. The molecule has 36 heavy (non-hydrogen) atoms. The van der Waals surface area contributed by atoms with Crippen LogP contribution in [0.1, 0.15) is 36.2 Å². The number of amides is 1. The van der Waals surface area contributed by atoms with Crippen LogP contribution >= 0.6 is 11.6 Å². The lowest BCUT2D eigenvalue weighted by atomic mass is 10.00. The third-order valence-corrected chi connectivity index (χ3v) is 6.61. The number of hydrogen-bond donors (Lipinski definition) is 1. The predicted octanol–water partition coefficient (Wildman–Crippen LogP) is 4.71. The van der Waals surface area contributed by atoms with Crippen LogP contribution in [-0.4, -0.2) is 39.1 Å². The summed E-state index contributed by atoms with van der Waals surface area (Å²) in [5, 5.41) is 12.0. The van der Waals surface area contributed by atoms with E-state index >= 15 is 0 Å². The van der Waals surface area contributed by atoms with Gasteiger partial charge in [0.05, 0.1) is 41.7 Å². The van der Waals surface area contributed by atoms with Crippen LogP contribution in [0.2, 0.25) is 5.02 Å².